The Kier molecular flexibility index (Phi) is 15.8. The van der Waals surface area contributed by atoms with Crippen LogP contribution in [0.25, 0.3) is 20.9 Å². The standard InChI is InChI=1S/C39H52N6O10S/c1-21-22(2)32(42-44-40)37(52-30(21)19-48-26(6)46)54-34-24(4)36(50-18-28-14-10-8-11-15-28)38(51-25(34)5)55-35-23(3)33(43-45-41)39(53-31(35)20-49-27(7)47)56-29-16-12-9-13-17-29/h8-17,21-25,30-39H,18-20H2,1-7H3/t21-,22-,23+,24-,25?,30?,31?,32?,33?,34-,35-,36?,37+,38-,39?/m0/s1. The fourth-order valence-corrected chi connectivity index (χ4v) is 8.70. The Morgan fingerprint density at radius 1 is 0.679 bits per heavy atom. The van der Waals surface area contributed by atoms with E-state index in [0.29, 0.717) is 0 Å². The van der Waals surface area contributed by atoms with E-state index in [1.165, 1.54) is 25.6 Å². The van der Waals surface area contributed by atoms with Crippen LogP contribution in [0.2, 0.25) is 0 Å². The number of ether oxygens (including phenoxy) is 8. The zero-order valence-corrected chi connectivity index (χ0v) is 33.5. The number of hydrogen-bond donors (Lipinski definition) is 0. The number of hydrogen-bond acceptors (Lipinski definition) is 13. The summed E-state index contributed by atoms with van der Waals surface area (Å²) < 4.78 is 50.5. The van der Waals surface area contributed by atoms with Crippen molar-refractivity contribution in [2.24, 2.45) is 33.9 Å². The zero-order chi connectivity index (χ0) is 40.4. The Labute approximate surface area is 331 Å². The third-order valence-electron chi connectivity index (χ3n) is 10.8. The van der Waals surface area contributed by atoms with Gasteiger partial charge in [0.15, 0.2) is 12.6 Å². The van der Waals surface area contributed by atoms with Crippen molar-refractivity contribution in [2.75, 3.05) is 13.2 Å². The summed E-state index contributed by atoms with van der Waals surface area (Å²) in [5.41, 5.74) is 19.5. The van der Waals surface area contributed by atoms with E-state index >= 15 is 0 Å². The molecule has 5 rings (SSSR count). The van der Waals surface area contributed by atoms with E-state index in [-0.39, 0.29) is 37.6 Å². The number of rotatable bonds is 15. The predicted molar refractivity (Wildman–Crippen MR) is 205 cm³/mol. The van der Waals surface area contributed by atoms with Gasteiger partial charge in [-0.15, -0.1) is 0 Å². The maximum atomic E-state index is 12.0. The van der Waals surface area contributed by atoms with Crippen LogP contribution in [0, 0.1) is 23.7 Å². The summed E-state index contributed by atoms with van der Waals surface area (Å²) in [6.07, 6.45) is -5.92. The van der Waals surface area contributed by atoms with Crippen molar-refractivity contribution in [3.05, 3.63) is 87.1 Å². The highest BCUT2D eigenvalue weighted by Crippen LogP contribution is 2.42. The Morgan fingerprint density at radius 2 is 1.27 bits per heavy atom. The third kappa shape index (κ3) is 10.9. The van der Waals surface area contributed by atoms with Gasteiger partial charge in [0, 0.05) is 34.5 Å². The molecule has 0 amide bonds. The summed E-state index contributed by atoms with van der Waals surface area (Å²) >= 11 is 1.41. The molecular formula is C39H52N6O10S. The van der Waals surface area contributed by atoms with Crippen molar-refractivity contribution in [1.82, 2.24) is 0 Å². The molecule has 0 aliphatic carbocycles. The molecular weight excluding hydrogens is 745 g/mol. The normalized spacial score (nSPS) is 35.7. The molecule has 3 aliphatic heterocycles. The minimum absolute atomic E-state index is 0.0202. The number of azide groups is 2. The number of benzene rings is 2. The average Bonchev–Trinajstić information content (AvgIpc) is 3.17. The molecule has 16 nitrogen and oxygen atoms in total. The molecule has 3 fully saturated rings. The minimum atomic E-state index is -0.980. The number of nitrogens with zero attached hydrogens (tertiary/aromatic N) is 6. The highest BCUT2D eigenvalue weighted by atomic mass is 32.2. The number of carbonyl (C=O) groups excluding carboxylic acids is 2. The monoisotopic (exact) mass is 796 g/mol. The number of esters is 2. The van der Waals surface area contributed by atoms with E-state index in [9.17, 15) is 20.7 Å². The highest BCUT2D eigenvalue weighted by Gasteiger charge is 2.52. The molecule has 0 N–H and O–H groups in total. The van der Waals surface area contributed by atoms with Gasteiger partial charge < -0.3 is 37.9 Å². The number of carbonyl (C=O) groups is 2. The van der Waals surface area contributed by atoms with Crippen LogP contribution in [-0.4, -0.2) is 91.9 Å². The summed E-state index contributed by atoms with van der Waals surface area (Å²) in [6.45, 7) is 12.4. The lowest BCUT2D eigenvalue weighted by atomic mass is 9.82. The first kappa shape index (κ1) is 43.2. The molecule has 0 radical (unpaired) electrons. The second kappa shape index (κ2) is 20.5. The van der Waals surface area contributed by atoms with Crippen molar-refractivity contribution in [3.63, 3.8) is 0 Å². The van der Waals surface area contributed by atoms with Crippen LogP contribution in [0.4, 0.5) is 0 Å². The first-order valence-electron chi connectivity index (χ1n) is 18.9. The van der Waals surface area contributed by atoms with Gasteiger partial charge >= 0.3 is 11.9 Å². The molecule has 0 spiro atoms. The first-order chi connectivity index (χ1) is 26.9. The van der Waals surface area contributed by atoms with Crippen molar-refractivity contribution in [1.29, 1.82) is 0 Å². The SMILES string of the molecule is CC(=O)OCC1O[C@H](O[C@@H]2C(C)O[C@@H](O[C@@H]3C(COC(C)=O)OC(Sc4ccccc4)C(N=[N+]=[N-])[C@H]3C)C(OCc3ccccc3)[C@H]2C)C(N=[N+]=[N-])[C@@H](C)[C@@H]1C. The molecule has 15 atom stereocenters. The Bertz CT molecular complexity index is 1680. The van der Waals surface area contributed by atoms with Crippen molar-refractivity contribution < 1.29 is 47.5 Å². The van der Waals surface area contributed by atoms with Crippen LogP contribution in [0.1, 0.15) is 54.0 Å². The maximum absolute atomic E-state index is 12.0. The summed E-state index contributed by atoms with van der Waals surface area (Å²) in [5, 5.41) is 8.23. The molecule has 17 heteroatoms. The first-order valence-corrected chi connectivity index (χ1v) is 19.8. The van der Waals surface area contributed by atoms with Gasteiger partial charge in [-0.2, -0.15) is 0 Å². The van der Waals surface area contributed by atoms with Gasteiger partial charge in [0.2, 0.25) is 0 Å². The third-order valence-corrected chi connectivity index (χ3v) is 12.0. The van der Waals surface area contributed by atoms with Gasteiger partial charge in [-0.1, -0.05) is 98.2 Å². The molecule has 0 aromatic heterocycles. The van der Waals surface area contributed by atoms with E-state index in [0.717, 1.165) is 10.5 Å². The lowest BCUT2D eigenvalue weighted by molar-refractivity contribution is -0.347. The molecule has 3 saturated heterocycles. The summed E-state index contributed by atoms with van der Waals surface area (Å²) in [7, 11) is 0. The molecule has 56 heavy (non-hydrogen) atoms. The van der Waals surface area contributed by atoms with Gasteiger partial charge in [0.25, 0.3) is 0 Å². The largest absolute Gasteiger partial charge is 0.463 e. The summed E-state index contributed by atoms with van der Waals surface area (Å²) in [4.78, 5) is 30.9. The molecule has 0 saturated carbocycles. The molecule has 0 bridgehead atoms. The van der Waals surface area contributed by atoms with Gasteiger partial charge in [0.1, 0.15) is 30.9 Å². The van der Waals surface area contributed by atoms with Gasteiger partial charge in [-0.25, -0.2) is 0 Å². The zero-order valence-electron chi connectivity index (χ0n) is 32.7. The van der Waals surface area contributed by atoms with Crippen LogP contribution >= 0.6 is 11.8 Å². The maximum Gasteiger partial charge on any atom is 0.302 e. The molecule has 2 aromatic rings. The highest BCUT2D eigenvalue weighted by molar-refractivity contribution is 7.99. The Balaban J connectivity index is 1.43. The molecule has 3 aliphatic rings. The topological polar surface area (TPSA) is 206 Å². The summed E-state index contributed by atoms with van der Waals surface area (Å²) in [6, 6.07) is 17.9. The van der Waals surface area contributed by atoms with Crippen LogP contribution in [0.15, 0.2) is 75.8 Å². The van der Waals surface area contributed by atoms with Crippen molar-refractivity contribution in [2.45, 2.75) is 127 Å². The van der Waals surface area contributed by atoms with E-state index in [1.807, 2.05) is 95.3 Å². The Hall–Kier alpha value is -3.89. The fraction of sp³-hybridized carbons (Fsp3) is 0.641. The van der Waals surface area contributed by atoms with Crippen LogP contribution in [0.5, 0.6) is 0 Å². The Morgan fingerprint density at radius 3 is 1.89 bits per heavy atom. The van der Waals surface area contributed by atoms with E-state index in [2.05, 4.69) is 20.1 Å². The van der Waals surface area contributed by atoms with Gasteiger partial charge in [0.05, 0.1) is 43.1 Å². The van der Waals surface area contributed by atoms with Gasteiger partial charge in [-0.3, -0.25) is 9.59 Å². The molecule has 7 unspecified atom stereocenters. The lowest BCUT2D eigenvalue weighted by Gasteiger charge is -2.50. The molecule has 2 aromatic carbocycles. The quantitative estimate of drug-likeness (QED) is 0.0753. The fourth-order valence-electron chi connectivity index (χ4n) is 7.48. The van der Waals surface area contributed by atoms with Crippen LogP contribution in [0.3, 0.4) is 0 Å². The average molecular weight is 797 g/mol. The molecule has 3 heterocycles. The second-order valence-corrected chi connectivity index (χ2v) is 15.8. The number of thioether (sulfide) groups is 1. The van der Waals surface area contributed by atoms with Crippen LogP contribution in [-0.2, 0) is 54.1 Å². The summed E-state index contributed by atoms with van der Waals surface area (Å²) in [5.74, 6) is -1.99. The second-order valence-electron chi connectivity index (χ2n) is 14.6. The van der Waals surface area contributed by atoms with Crippen molar-refractivity contribution in [3.8, 4) is 0 Å². The van der Waals surface area contributed by atoms with E-state index < -0.39 is 84.6 Å². The minimum Gasteiger partial charge on any atom is -0.463 e. The van der Waals surface area contributed by atoms with Crippen molar-refractivity contribution >= 4 is 23.7 Å². The predicted octanol–water partition coefficient (Wildman–Crippen LogP) is 7.36. The lowest BCUT2D eigenvalue weighted by Crippen LogP contribution is -2.61. The smallest absolute Gasteiger partial charge is 0.302 e. The van der Waals surface area contributed by atoms with Gasteiger partial charge in [-0.05, 0) is 53.4 Å². The van der Waals surface area contributed by atoms with Crippen LogP contribution < -0.4 is 0 Å². The van der Waals surface area contributed by atoms with E-state index in [1.54, 1.807) is 0 Å². The van der Waals surface area contributed by atoms with E-state index in [4.69, 9.17) is 37.9 Å². The molecule has 304 valence electrons.